The highest BCUT2D eigenvalue weighted by molar-refractivity contribution is 6.00. The van der Waals surface area contributed by atoms with Gasteiger partial charge >= 0.3 is 12.1 Å². The smallest absolute Gasteiger partial charge is 0.408 e. The number of rotatable bonds is 13. The number of pyridine rings is 1. The van der Waals surface area contributed by atoms with E-state index in [2.05, 4.69) is 10.6 Å². The summed E-state index contributed by atoms with van der Waals surface area (Å²) < 4.78 is 52.4. The number of benzene rings is 5. The summed E-state index contributed by atoms with van der Waals surface area (Å²) in [6.45, 7) is 1.89. The van der Waals surface area contributed by atoms with Gasteiger partial charge in [-0.25, -0.2) is 18.4 Å². The van der Waals surface area contributed by atoms with Gasteiger partial charge in [0.2, 0.25) is 5.43 Å². The molecule has 274 valence electrons. The number of fused-ring (bicyclic) bond motifs is 1. The van der Waals surface area contributed by atoms with Gasteiger partial charge in [-0.2, -0.15) is 0 Å². The Balaban J connectivity index is 1.36. The maximum atomic E-state index is 17.3. The number of aromatic nitrogens is 1. The summed E-state index contributed by atoms with van der Waals surface area (Å²) >= 11 is 0. The van der Waals surface area contributed by atoms with Crippen molar-refractivity contribution in [2.75, 3.05) is 11.9 Å². The van der Waals surface area contributed by atoms with Crippen molar-refractivity contribution in [3.05, 3.63) is 171 Å². The van der Waals surface area contributed by atoms with Crippen LogP contribution in [0.4, 0.5) is 19.3 Å². The van der Waals surface area contributed by atoms with Gasteiger partial charge in [-0.15, -0.1) is 0 Å². The lowest BCUT2D eigenvalue weighted by Crippen LogP contribution is -2.37. The van der Waals surface area contributed by atoms with Gasteiger partial charge in [0.25, 0.3) is 0 Å². The summed E-state index contributed by atoms with van der Waals surface area (Å²) in [7, 11) is 0. The summed E-state index contributed by atoms with van der Waals surface area (Å²) in [5.41, 5.74) is -1.01. The van der Waals surface area contributed by atoms with Gasteiger partial charge < -0.3 is 29.4 Å². The quantitative estimate of drug-likeness (QED) is 0.115. The molecule has 0 saturated heterocycles. The Kier molecular flexibility index (Phi) is 10.4. The van der Waals surface area contributed by atoms with Crippen LogP contribution in [0.15, 0.2) is 126 Å². The predicted molar refractivity (Wildman–Crippen MR) is 201 cm³/mol. The first kappa shape index (κ1) is 35.9. The predicted octanol–water partition coefficient (Wildman–Crippen LogP) is 8.55. The van der Waals surface area contributed by atoms with Crippen molar-refractivity contribution in [2.45, 2.75) is 45.1 Å². The van der Waals surface area contributed by atoms with Crippen molar-refractivity contribution >= 4 is 28.7 Å². The van der Waals surface area contributed by atoms with Crippen LogP contribution in [-0.2, 0) is 34.8 Å². The number of halogens is 2. The molecule has 0 unspecified atom stereocenters. The average molecular weight is 730 g/mol. The number of ether oxygens (including phenoxy) is 3. The molecule has 0 radical (unpaired) electrons. The highest BCUT2D eigenvalue weighted by Crippen LogP contribution is 2.50. The SMILES string of the molecule is CCOC(=O)c1cn(-c2ccc(OCc3ccccc3)cc2)c2c(F)c(C3(NC(=O)OCc4ccccc4)CC3)c(F)c(NCc3ccccc3)c2c1=O. The molecule has 11 heteroatoms. The number of carbonyl (C=O) groups is 2. The number of hydrogen-bond acceptors (Lipinski definition) is 7. The normalized spacial score (nSPS) is 12.9. The van der Waals surface area contributed by atoms with Crippen LogP contribution in [-0.4, -0.2) is 23.2 Å². The van der Waals surface area contributed by atoms with Crippen LogP contribution < -0.4 is 20.8 Å². The largest absolute Gasteiger partial charge is 0.489 e. The summed E-state index contributed by atoms with van der Waals surface area (Å²) in [4.78, 5) is 40.6. The molecule has 0 aliphatic heterocycles. The van der Waals surface area contributed by atoms with Crippen LogP contribution in [0, 0.1) is 11.6 Å². The van der Waals surface area contributed by atoms with E-state index in [4.69, 9.17) is 14.2 Å². The molecular formula is C43H37F2N3O6. The Morgan fingerprint density at radius 3 is 1.94 bits per heavy atom. The molecule has 1 aliphatic rings. The third-order valence-electron chi connectivity index (χ3n) is 9.28. The molecule has 1 heterocycles. The third-order valence-corrected chi connectivity index (χ3v) is 9.28. The molecule has 1 fully saturated rings. The second-order valence-electron chi connectivity index (χ2n) is 12.9. The maximum absolute atomic E-state index is 17.3. The lowest BCUT2D eigenvalue weighted by Gasteiger charge is -2.24. The summed E-state index contributed by atoms with van der Waals surface area (Å²) in [5, 5.41) is 5.35. The van der Waals surface area contributed by atoms with Gasteiger partial charge in [0, 0.05) is 18.4 Å². The Bertz CT molecular complexity index is 2350. The number of anilines is 1. The third kappa shape index (κ3) is 7.52. The van der Waals surface area contributed by atoms with E-state index in [0.717, 1.165) is 16.7 Å². The Hall–Kier alpha value is -6.49. The first-order valence-electron chi connectivity index (χ1n) is 17.6. The summed E-state index contributed by atoms with van der Waals surface area (Å²) in [6.07, 6.45) is 0.776. The number of esters is 1. The zero-order valence-electron chi connectivity index (χ0n) is 29.4. The van der Waals surface area contributed by atoms with Gasteiger partial charge in [0.1, 0.15) is 24.5 Å². The van der Waals surface area contributed by atoms with Gasteiger partial charge in [0.15, 0.2) is 11.6 Å². The van der Waals surface area contributed by atoms with E-state index in [9.17, 15) is 14.4 Å². The minimum absolute atomic E-state index is 0.0287. The molecule has 9 nitrogen and oxygen atoms in total. The fourth-order valence-corrected chi connectivity index (χ4v) is 6.40. The highest BCUT2D eigenvalue weighted by atomic mass is 19.1. The van der Waals surface area contributed by atoms with E-state index in [1.165, 1.54) is 10.8 Å². The molecule has 54 heavy (non-hydrogen) atoms. The monoisotopic (exact) mass is 729 g/mol. The van der Waals surface area contributed by atoms with Crippen molar-refractivity contribution < 1.29 is 32.6 Å². The molecule has 1 amide bonds. The van der Waals surface area contributed by atoms with Gasteiger partial charge in [-0.3, -0.25) is 4.79 Å². The number of nitrogens with one attached hydrogen (secondary N) is 2. The van der Waals surface area contributed by atoms with Crippen LogP contribution in [0.3, 0.4) is 0 Å². The highest BCUT2D eigenvalue weighted by Gasteiger charge is 2.51. The van der Waals surface area contributed by atoms with Crippen molar-refractivity contribution in [3.63, 3.8) is 0 Å². The second kappa shape index (κ2) is 15.6. The Labute approximate surface area is 310 Å². The molecule has 5 aromatic carbocycles. The number of carbonyl (C=O) groups excluding carboxylic acids is 2. The number of alkyl carbamates (subject to hydrolysis) is 1. The minimum atomic E-state index is -1.46. The molecule has 1 aromatic heterocycles. The van der Waals surface area contributed by atoms with Crippen molar-refractivity contribution in [1.29, 1.82) is 0 Å². The van der Waals surface area contributed by atoms with Crippen LogP contribution in [0.1, 0.15) is 52.4 Å². The van der Waals surface area contributed by atoms with E-state index in [0.29, 0.717) is 18.0 Å². The molecular weight excluding hydrogens is 692 g/mol. The van der Waals surface area contributed by atoms with Gasteiger partial charge in [-0.1, -0.05) is 91.0 Å². The summed E-state index contributed by atoms with van der Waals surface area (Å²) in [6, 6.07) is 34.4. The number of nitrogens with zero attached hydrogens (tertiary/aromatic N) is 1. The molecule has 7 rings (SSSR count). The molecule has 1 saturated carbocycles. The van der Waals surface area contributed by atoms with E-state index in [1.54, 1.807) is 55.5 Å². The van der Waals surface area contributed by atoms with Gasteiger partial charge in [-0.05, 0) is 60.7 Å². The van der Waals surface area contributed by atoms with Crippen LogP contribution in [0.25, 0.3) is 16.6 Å². The zero-order valence-corrected chi connectivity index (χ0v) is 29.4. The molecule has 0 spiro atoms. The lowest BCUT2D eigenvalue weighted by molar-refractivity contribution is 0.0524. The van der Waals surface area contributed by atoms with E-state index in [-0.39, 0.29) is 49.2 Å². The molecule has 0 atom stereocenters. The summed E-state index contributed by atoms with van der Waals surface area (Å²) in [5.74, 6) is -2.55. The number of amides is 1. The molecule has 6 aromatic rings. The fraction of sp³-hybridized carbons (Fsp3) is 0.186. The first-order chi connectivity index (χ1) is 26.3. The van der Waals surface area contributed by atoms with Crippen LogP contribution in [0.2, 0.25) is 0 Å². The zero-order chi connectivity index (χ0) is 37.7. The van der Waals surface area contributed by atoms with Crippen LogP contribution >= 0.6 is 0 Å². The van der Waals surface area contributed by atoms with Crippen molar-refractivity contribution in [1.82, 2.24) is 9.88 Å². The molecule has 2 N–H and O–H groups in total. The maximum Gasteiger partial charge on any atom is 0.408 e. The minimum Gasteiger partial charge on any atom is -0.489 e. The Morgan fingerprint density at radius 1 is 0.759 bits per heavy atom. The topological polar surface area (TPSA) is 108 Å². The van der Waals surface area contributed by atoms with E-state index >= 15 is 8.78 Å². The van der Waals surface area contributed by atoms with Crippen LogP contribution in [0.5, 0.6) is 5.75 Å². The first-order valence-corrected chi connectivity index (χ1v) is 17.6. The second-order valence-corrected chi connectivity index (χ2v) is 12.9. The van der Waals surface area contributed by atoms with Crippen molar-refractivity contribution in [3.8, 4) is 11.4 Å². The van der Waals surface area contributed by atoms with E-state index in [1.807, 2.05) is 66.7 Å². The molecule has 0 bridgehead atoms. The lowest BCUT2D eigenvalue weighted by atomic mass is 9.97. The Morgan fingerprint density at radius 2 is 1.35 bits per heavy atom. The van der Waals surface area contributed by atoms with Gasteiger partial charge in [0.05, 0.1) is 34.3 Å². The average Bonchev–Trinajstić information content (AvgIpc) is 3.97. The molecule has 1 aliphatic carbocycles. The number of hydrogen-bond donors (Lipinski definition) is 2. The van der Waals surface area contributed by atoms with E-state index < -0.39 is 45.8 Å². The fourth-order valence-electron chi connectivity index (χ4n) is 6.40. The standard InChI is InChI=1S/C43H37F2N3O6/c1-2-52-41(50)33-25-48(31-18-20-32(21-19-31)53-26-29-14-8-4-9-15-29)39-34(40(33)49)38(46-24-28-12-6-3-7-13-28)36(44)35(37(39)45)43(22-23-43)47-42(51)54-27-30-16-10-5-11-17-30/h3-21,25,46H,2,22-24,26-27H2,1H3,(H,47,51). The van der Waals surface area contributed by atoms with Crippen molar-refractivity contribution in [2.24, 2.45) is 0 Å².